The molecular weight excluding hydrogens is 426 g/mol. The van der Waals surface area contributed by atoms with Crippen molar-refractivity contribution in [2.45, 2.75) is 31.5 Å². The number of nitrogens with zero attached hydrogens (tertiary/aromatic N) is 1. The molecule has 1 unspecified atom stereocenters. The van der Waals surface area contributed by atoms with E-state index >= 15 is 0 Å². The zero-order valence-corrected chi connectivity index (χ0v) is 16.2. The Morgan fingerprint density at radius 1 is 1.27 bits per heavy atom. The Morgan fingerprint density at radius 3 is 2.97 bits per heavy atom. The standard InChI is InChI=1S/C17H16FN2O9P/c18-10-5-20(17(22)19-16(10)21)15-4-13-14(28-15)7-27-30(23,29-13)26-6-9-1-2-11-12(3-9)25-8-24-11/h1-3,5,13-15,23H,4,6-8H2/p+1/t13-,14+,15+,30?/m0/s1. The van der Waals surface area contributed by atoms with E-state index in [1.54, 1.807) is 18.2 Å². The van der Waals surface area contributed by atoms with Gasteiger partial charge in [0.05, 0.1) is 6.20 Å². The van der Waals surface area contributed by atoms with Crippen LogP contribution in [0.4, 0.5) is 4.39 Å². The average molecular weight is 443 g/mol. The van der Waals surface area contributed by atoms with E-state index in [-0.39, 0.29) is 26.4 Å². The number of aromatic amines is 1. The summed E-state index contributed by atoms with van der Waals surface area (Å²) in [4.78, 5) is 35.7. The highest BCUT2D eigenvalue weighted by atomic mass is 31.2. The summed E-state index contributed by atoms with van der Waals surface area (Å²) in [6.45, 7) is 0.121. The molecule has 30 heavy (non-hydrogen) atoms. The van der Waals surface area contributed by atoms with Gasteiger partial charge in [0.25, 0.3) is 5.56 Å². The van der Waals surface area contributed by atoms with E-state index < -0.39 is 43.7 Å². The van der Waals surface area contributed by atoms with Crippen molar-refractivity contribution >= 4 is 8.17 Å². The second-order valence-electron chi connectivity index (χ2n) is 6.88. The molecule has 0 spiro atoms. The van der Waals surface area contributed by atoms with Crippen LogP contribution in [0.1, 0.15) is 18.2 Å². The van der Waals surface area contributed by atoms with Gasteiger partial charge in [0.1, 0.15) is 31.6 Å². The molecule has 0 aliphatic carbocycles. The molecule has 1 aromatic carbocycles. The molecule has 2 fully saturated rings. The lowest BCUT2D eigenvalue weighted by Gasteiger charge is -2.26. The quantitative estimate of drug-likeness (QED) is 0.665. The minimum Gasteiger partial charge on any atom is -0.454 e. The van der Waals surface area contributed by atoms with Crippen LogP contribution in [0.3, 0.4) is 0 Å². The monoisotopic (exact) mass is 443 g/mol. The second-order valence-corrected chi connectivity index (χ2v) is 8.54. The maximum Gasteiger partial charge on any atom is 0.573 e. The Labute approximate surface area is 168 Å². The Kier molecular flexibility index (Phi) is 4.85. The number of ether oxygens (including phenoxy) is 3. The fraction of sp³-hybridized carbons (Fsp3) is 0.412. The molecule has 13 heteroatoms. The second kappa shape index (κ2) is 7.41. The summed E-state index contributed by atoms with van der Waals surface area (Å²) < 4.78 is 47.2. The number of hydrogen-bond donors (Lipinski definition) is 2. The lowest BCUT2D eigenvalue weighted by atomic mass is 10.2. The van der Waals surface area contributed by atoms with Gasteiger partial charge in [-0.15, -0.1) is 9.05 Å². The summed E-state index contributed by atoms with van der Waals surface area (Å²) in [6.07, 6.45) is -1.20. The lowest BCUT2D eigenvalue weighted by molar-refractivity contribution is -0.0828. The van der Waals surface area contributed by atoms with Crippen molar-refractivity contribution in [2.75, 3.05) is 13.4 Å². The Hall–Kier alpha value is -2.34. The van der Waals surface area contributed by atoms with Crippen LogP contribution < -0.4 is 20.7 Å². The Bertz CT molecular complexity index is 1090. The fourth-order valence-electron chi connectivity index (χ4n) is 3.43. The van der Waals surface area contributed by atoms with Gasteiger partial charge < -0.3 is 14.2 Å². The molecular formula is C17H17FN2O9P+. The number of fused-ring (bicyclic) bond motifs is 2. The molecule has 2 aromatic rings. The minimum atomic E-state index is -3.64. The zero-order valence-electron chi connectivity index (χ0n) is 15.4. The topological polar surface area (TPSA) is 130 Å². The van der Waals surface area contributed by atoms with Gasteiger partial charge in [0.15, 0.2) is 11.5 Å². The normalized spacial score (nSPS) is 29.7. The zero-order chi connectivity index (χ0) is 20.9. The van der Waals surface area contributed by atoms with Gasteiger partial charge in [-0.3, -0.25) is 14.3 Å². The first kappa shape index (κ1) is 19.6. The molecule has 0 radical (unpaired) electrons. The van der Waals surface area contributed by atoms with E-state index in [0.29, 0.717) is 11.5 Å². The first-order valence-corrected chi connectivity index (χ1v) is 10.5. The van der Waals surface area contributed by atoms with Crippen molar-refractivity contribution < 1.29 is 37.1 Å². The molecule has 0 saturated carbocycles. The van der Waals surface area contributed by atoms with Crippen LogP contribution in [0.2, 0.25) is 0 Å². The third kappa shape index (κ3) is 3.62. The van der Waals surface area contributed by atoms with Gasteiger partial charge in [-0.2, -0.15) is 13.8 Å². The molecule has 2 saturated heterocycles. The van der Waals surface area contributed by atoms with E-state index in [1.165, 1.54) is 0 Å². The molecule has 1 aromatic heterocycles. The molecule has 4 heterocycles. The predicted molar refractivity (Wildman–Crippen MR) is 97.1 cm³/mol. The summed E-state index contributed by atoms with van der Waals surface area (Å²) in [5.41, 5.74) is -1.20. The van der Waals surface area contributed by atoms with Gasteiger partial charge in [-0.05, 0) is 17.7 Å². The first-order valence-electron chi connectivity index (χ1n) is 9.04. The summed E-state index contributed by atoms with van der Waals surface area (Å²) in [5, 5.41) is 0. The summed E-state index contributed by atoms with van der Waals surface area (Å²) in [5.74, 6) is 0.0993. The number of H-pyrrole nitrogens is 1. The number of halogens is 1. The van der Waals surface area contributed by atoms with Crippen molar-refractivity contribution in [3.63, 3.8) is 0 Å². The van der Waals surface area contributed by atoms with Crippen LogP contribution in [0.5, 0.6) is 11.5 Å². The molecule has 160 valence electrons. The Morgan fingerprint density at radius 2 is 2.10 bits per heavy atom. The van der Waals surface area contributed by atoms with E-state index in [1.807, 2.05) is 4.98 Å². The van der Waals surface area contributed by atoms with Gasteiger partial charge in [0.2, 0.25) is 12.6 Å². The first-order chi connectivity index (χ1) is 14.4. The third-order valence-electron chi connectivity index (χ3n) is 4.92. The van der Waals surface area contributed by atoms with Crippen molar-refractivity contribution in [1.82, 2.24) is 9.55 Å². The van der Waals surface area contributed by atoms with Crippen molar-refractivity contribution in [3.05, 3.63) is 56.6 Å². The molecule has 5 rings (SSSR count). The van der Waals surface area contributed by atoms with Crippen molar-refractivity contribution in [2.24, 2.45) is 0 Å². The molecule has 11 nitrogen and oxygen atoms in total. The fourth-order valence-corrected chi connectivity index (χ4v) is 4.84. The molecule has 4 atom stereocenters. The number of rotatable bonds is 4. The number of aromatic nitrogens is 2. The average Bonchev–Trinajstić information content (AvgIpc) is 3.35. The van der Waals surface area contributed by atoms with E-state index in [0.717, 1.165) is 16.3 Å². The van der Waals surface area contributed by atoms with Crippen LogP contribution in [-0.4, -0.2) is 40.1 Å². The summed E-state index contributed by atoms with van der Waals surface area (Å²) in [7, 11) is -3.64. The van der Waals surface area contributed by atoms with Crippen molar-refractivity contribution in [3.8, 4) is 11.5 Å². The van der Waals surface area contributed by atoms with E-state index in [2.05, 4.69) is 0 Å². The van der Waals surface area contributed by atoms with Gasteiger partial charge >= 0.3 is 13.9 Å². The van der Waals surface area contributed by atoms with Gasteiger partial charge in [-0.25, -0.2) is 4.79 Å². The predicted octanol–water partition coefficient (Wildman–Crippen LogP) is 0.994. The number of benzene rings is 1. The van der Waals surface area contributed by atoms with Crippen molar-refractivity contribution in [1.29, 1.82) is 0 Å². The Balaban J connectivity index is 1.25. The number of nitrogens with one attached hydrogen (secondary N) is 1. The van der Waals surface area contributed by atoms with Gasteiger partial charge in [-0.1, -0.05) is 6.07 Å². The minimum absolute atomic E-state index is 0.00712. The highest BCUT2D eigenvalue weighted by Gasteiger charge is 2.57. The molecule has 0 bridgehead atoms. The summed E-state index contributed by atoms with van der Waals surface area (Å²) in [6, 6.07) is 5.23. The van der Waals surface area contributed by atoms with Crippen LogP contribution >= 0.6 is 8.17 Å². The van der Waals surface area contributed by atoms with Crippen LogP contribution in [0, 0.1) is 5.82 Å². The lowest BCUT2D eigenvalue weighted by Crippen LogP contribution is -2.35. The maximum absolute atomic E-state index is 13.6. The van der Waals surface area contributed by atoms with Crippen LogP contribution in [0.15, 0.2) is 34.0 Å². The summed E-state index contributed by atoms with van der Waals surface area (Å²) >= 11 is 0. The maximum atomic E-state index is 13.6. The molecule has 3 aliphatic rings. The highest BCUT2D eigenvalue weighted by Crippen LogP contribution is 2.63. The van der Waals surface area contributed by atoms with Crippen LogP contribution in [-0.2, 0) is 24.9 Å². The van der Waals surface area contributed by atoms with Gasteiger partial charge in [0, 0.05) is 6.42 Å². The molecule has 2 N–H and O–H groups in total. The van der Waals surface area contributed by atoms with E-state index in [4.69, 9.17) is 27.8 Å². The number of hydrogen-bond acceptors (Lipinski definition) is 9. The molecule has 3 aliphatic heterocycles. The third-order valence-corrected chi connectivity index (χ3v) is 6.38. The smallest absolute Gasteiger partial charge is 0.454 e. The highest BCUT2D eigenvalue weighted by molar-refractivity contribution is 7.55. The largest absolute Gasteiger partial charge is 0.573 e. The molecule has 0 amide bonds. The van der Waals surface area contributed by atoms with Crippen LogP contribution in [0.25, 0.3) is 0 Å². The SMILES string of the molecule is O=c1[nH]c(=O)n([C@H]2C[C@@H]3O[P+](O)(OCc4ccc5c(c4)OCO5)OC[C@H]3O2)cc1F. The van der Waals surface area contributed by atoms with E-state index in [9.17, 15) is 18.9 Å².